The Morgan fingerprint density at radius 3 is 2.85 bits per heavy atom. The predicted octanol–water partition coefficient (Wildman–Crippen LogP) is 3.87. The Balaban J connectivity index is 2.04. The lowest BCUT2D eigenvalue weighted by atomic mass is 10.0. The Morgan fingerprint density at radius 2 is 2.15 bits per heavy atom. The van der Waals surface area contributed by atoms with Gasteiger partial charge in [-0.05, 0) is 37.1 Å². The average Bonchev–Trinajstić information content (AvgIpc) is 2.86. The predicted molar refractivity (Wildman–Crippen MR) is 84.5 cm³/mol. The zero-order valence-corrected chi connectivity index (χ0v) is 13.4. The highest BCUT2D eigenvalue weighted by atomic mass is 32.1. The highest BCUT2D eigenvalue weighted by molar-refractivity contribution is 7.09. The molecular weight excluding hydrogens is 268 g/mol. The summed E-state index contributed by atoms with van der Waals surface area (Å²) in [5, 5.41) is 6.27. The summed E-state index contributed by atoms with van der Waals surface area (Å²) >= 11 is 1.67. The number of rotatable bonds is 6. The van der Waals surface area contributed by atoms with Crippen molar-refractivity contribution in [1.29, 1.82) is 0 Å². The van der Waals surface area contributed by atoms with Crippen LogP contribution in [0.15, 0.2) is 23.6 Å². The molecule has 2 aromatic rings. The third-order valence-electron chi connectivity index (χ3n) is 3.18. The molecule has 0 atom stereocenters. The average molecular weight is 290 g/mol. The minimum absolute atomic E-state index is 0.513. The van der Waals surface area contributed by atoms with Gasteiger partial charge in [0.05, 0.1) is 5.69 Å². The van der Waals surface area contributed by atoms with E-state index in [0.717, 1.165) is 23.0 Å². The molecule has 1 N–H and O–H groups in total. The van der Waals surface area contributed by atoms with E-state index in [4.69, 9.17) is 4.74 Å². The first-order valence-electron chi connectivity index (χ1n) is 6.91. The largest absolute Gasteiger partial charge is 0.487 e. The van der Waals surface area contributed by atoms with Crippen LogP contribution in [0.5, 0.6) is 5.75 Å². The number of nitrogens with one attached hydrogen (secondary N) is 1. The van der Waals surface area contributed by atoms with E-state index in [-0.39, 0.29) is 0 Å². The van der Waals surface area contributed by atoms with Gasteiger partial charge in [0, 0.05) is 11.9 Å². The van der Waals surface area contributed by atoms with Gasteiger partial charge in [-0.3, -0.25) is 0 Å². The van der Waals surface area contributed by atoms with Crippen LogP contribution in [-0.4, -0.2) is 12.0 Å². The molecule has 0 amide bonds. The molecular formula is C16H22N2OS. The number of hydrogen-bond acceptors (Lipinski definition) is 4. The van der Waals surface area contributed by atoms with Crippen molar-refractivity contribution in [3.8, 4) is 5.75 Å². The molecule has 20 heavy (non-hydrogen) atoms. The van der Waals surface area contributed by atoms with Gasteiger partial charge >= 0.3 is 0 Å². The topological polar surface area (TPSA) is 34.2 Å². The first-order chi connectivity index (χ1) is 9.60. The van der Waals surface area contributed by atoms with Gasteiger partial charge in [-0.1, -0.05) is 26.0 Å². The summed E-state index contributed by atoms with van der Waals surface area (Å²) in [5.41, 5.74) is 3.47. The van der Waals surface area contributed by atoms with Crippen LogP contribution in [-0.2, 0) is 13.2 Å². The smallest absolute Gasteiger partial charge is 0.131 e. The standard InChI is InChI=1S/C16H22N2OS/c1-11(2)13-6-5-12(3)15(7-13)19-9-14-10-20-16(18-14)8-17-4/h5-7,10-11,17H,8-9H2,1-4H3. The van der Waals surface area contributed by atoms with E-state index in [0.29, 0.717) is 12.5 Å². The number of benzene rings is 1. The molecule has 4 heteroatoms. The number of ether oxygens (including phenoxy) is 1. The lowest BCUT2D eigenvalue weighted by Gasteiger charge is -2.12. The quantitative estimate of drug-likeness (QED) is 0.877. The first kappa shape index (κ1) is 15.0. The fourth-order valence-electron chi connectivity index (χ4n) is 1.93. The van der Waals surface area contributed by atoms with E-state index in [2.05, 4.69) is 54.7 Å². The van der Waals surface area contributed by atoms with E-state index in [9.17, 15) is 0 Å². The molecule has 0 unspecified atom stereocenters. The molecule has 3 nitrogen and oxygen atoms in total. The molecule has 0 saturated carbocycles. The van der Waals surface area contributed by atoms with E-state index in [1.54, 1.807) is 11.3 Å². The number of hydrogen-bond donors (Lipinski definition) is 1. The third-order valence-corrected chi connectivity index (χ3v) is 4.08. The summed E-state index contributed by atoms with van der Waals surface area (Å²) in [6, 6.07) is 6.43. The molecule has 1 heterocycles. The molecule has 0 fully saturated rings. The van der Waals surface area contributed by atoms with Crippen LogP contribution in [0.25, 0.3) is 0 Å². The summed E-state index contributed by atoms with van der Waals surface area (Å²) in [4.78, 5) is 4.53. The van der Waals surface area contributed by atoms with Gasteiger partial charge < -0.3 is 10.1 Å². The molecule has 1 aromatic heterocycles. The van der Waals surface area contributed by atoms with Gasteiger partial charge in [0.2, 0.25) is 0 Å². The number of thiazole rings is 1. The van der Waals surface area contributed by atoms with Gasteiger partial charge in [0.15, 0.2) is 0 Å². The molecule has 0 bridgehead atoms. The molecule has 0 aliphatic carbocycles. The van der Waals surface area contributed by atoms with Gasteiger partial charge in [0.25, 0.3) is 0 Å². The number of nitrogens with zero attached hydrogens (tertiary/aromatic N) is 1. The molecule has 0 aliphatic heterocycles. The van der Waals surface area contributed by atoms with E-state index < -0.39 is 0 Å². The Bertz CT molecular complexity index is 563. The SMILES string of the molecule is CNCc1nc(COc2cc(C(C)C)ccc2C)cs1. The lowest BCUT2D eigenvalue weighted by Crippen LogP contribution is -2.05. The van der Waals surface area contributed by atoms with Crippen LogP contribution in [0.3, 0.4) is 0 Å². The Labute approximate surface area is 125 Å². The van der Waals surface area contributed by atoms with Crippen molar-refractivity contribution in [2.24, 2.45) is 0 Å². The molecule has 2 rings (SSSR count). The van der Waals surface area contributed by atoms with Gasteiger partial charge in [-0.25, -0.2) is 4.98 Å². The summed E-state index contributed by atoms with van der Waals surface area (Å²) in [6.45, 7) is 7.81. The summed E-state index contributed by atoms with van der Waals surface area (Å²) in [5.74, 6) is 1.47. The Hall–Kier alpha value is -1.39. The molecule has 0 spiro atoms. The minimum atomic E-state index is 0.513. The van der Waals surface area contributed by atoms with Crippen molar-refractivity contribution < 1.29 is 4.74 Å². The number of aryl methyl sites for hydroxylation is 1. The second kappa shape index (κ2) is 6.86. The monoisotopic (exact) mass is 290 g/mol. The summed E-state index contributed by atoms with van der Waals surface area (Å²) in [6.07, 6.45) is 0. The molecule has 0 aliphatic rings. The first-order valence-corrected chi connectivity index (χ1v) is 7.79. The Kier molecular flexibility index (Phi) is 5.15. The molecule has 0 radical (unpaired) electrons. The van der Waals surface area contributed by atoms with Crippen molar-refractivity contribution in [3.63, 3.8) is 0 Å². The molecule has 1 aromatic carbocycles. The molecule has 108 valence electrons. The van der Waals surface area contributed by atoms with Crippen LogP contribution >= 0.6 is 11.3 Å². The van der Waals surface area contributed by atoms with Crippen LogP contribution in [0.4, 0.5) is 0 Å². The van der Waals surface area contributed by atoms with Crippen LogP contribution in [0.2, 0.25) is 0 Å². The Morgan fingerprint density at radius 1 is 1.35 bits per heavy atom. The maximum absolute atomic E-state index is 5.93. The maximum Gasteiger partial charge on any atom is 0.131 e. The minimum Gasteiger partial charge on any atom is -0.487 e. The lowest BCUT2D eigenvalue weighted by molar-refractivity contribution is 0.299. The highest BCUT2D eigenvalue weighted by Crippen LogP contribution is 2.25. The van der Waals surface area contributed by atoms with Crippen molar-refractivity contribution >= 4 is 11.3 Å². The van der Waals surface area contributed by atoms with Gasteiger partial charge in [0.1, 0.15) is 17.4 Å². The maximum atomic E-state index is 5.93. The fraction of sp³-hybridized carbons (Fsp3) is 0.438. The third kappa shape index (κ3) is 3.81. The normalized spacial score (nSPS) is 11.1. The summed E-state index contributed by atoms with van der Waals surface area (Å²) in [7, 11) is 1.93. The fourth-order valence-corrected chi connectivity index (χ4v) is 2.72. The van der Waals surface area contributed by atoms with Crippen LogP contribution in [0.1, 0.15) is 41.6 Å². The zero-order chi connectivity index (χ0) is 14.5. The highest BCUT2D eigenvalue weighted by Gasteiger charge is 2.07. The van der Waals surface area contributed by atoms with E-state index in [1.807, 2.05) is 7.05 Å². The number of aromatic nitrogens is 1. The van der Waals surface area contributed by atoms with Crippen molar-refractivity contribution in [3.05, 3.63) is 45.4 Å². The second-order valence-corrected chi connectivity index (χ2v) is 6.17. The van der Waals surface area contributed by atoms with Crippen molar-refractivity contribution in [1.82, 2.24) is 10.3 Å². The second-order valence-electron chi connectivity index (χ2n) is 5.23. The van der Waals surface area contributed by atoms with Crippen molar-refractivity contribution in [2.45, 2.75) is 39.8 Å². The van der Waals surface area contributed by atoms with Crippen LogP contribution in [0, 0.1) is 6.92 Å². The van der Waals surface area contributed by atoms with Crippen LogP contribution < -0.4 is 10.1 Å². The van der Waals surface area contributed by atoms with Gasteiger partial charge in [-0.15, -0.1) is 11.3 Å². The van der Waals surface area contributed by atoms with E-state index in [1.165, 1.54) is 11.1 Å². The zero-order valence-electron chi connectivity index (χ0n) is 12.6. The van der Waals surface area contributed by atoms with Crippen molar-refractivity contribution in [2.75, 3.05) is 7.05 Å². The van der Waals surface area contributed by atoms with E-state index >= 15 is 0 Å². The molecule has 0 saturated heterocycles. The summed E-state index contributed by atoms with van der Waals surface area (Å²) < 4.78 is 5.93. The van der Waals surface area contributed by atoms with Gasteiger partial charge in [-0.2, -0.15) is 0 Å².